The van der Waals surface area contributed by atoms with E-state index in [2.05, 4.69) is 0 Å². The Kier molecular flexibility index (Phi) is 4.18. The number of nitrogens with two attached hydrogens (primary N) is 1. The van der Waals surface area contributed by atoms with E-state index in [1.807, 2.05) is 0 Å². The Hall–Kier alpha value is -1.48. The lowest BCUT2D eigenvalue weighted by atomic mass is 10.2. The van der Waals surface area contributed by atoms with Crippen LogP contribution in [0.15, 0.2) is 24.3 Å². The van der Waals surface area contributed by atoms with Crippen molar-refractivity contribution in [2.24, 2.45) is 5.73 Å². The van der Waals surface area contributed by atoms with Gasteiger partial charge in [0.1, 0.15) is 5.75 Å². The summed E-state index contributed by atoms with van der Waals surface area (Å²) in [7, 11) is 1.58. The lowest BCUT2D eigenvalue weighted by molar-refractivity contribution is -0.117. The highest BCUT2D eigenvalue weighted by molar-refractivity contribution is 6.32. The number of carbonyl (C=O) groups excluding carboxylic acids is 1. The second-order valence-electron chi connectivity index (χ2n) is 2.96. The average Bonchev–Trinajstić information content (AvgIpc) is 2.20. The number of hydrogen-bond donors (Lipinski definition) is 1. The molecule has 0 fully saturated rings. The molecule has 15 heavy (non-hydrogen) atoms. The van der Waals surface area contributed by atoms with Gasteiger partial charge in [0.05, 0.1) is 7.11 Å². The monoisotopic (exact) mass is 225 g/mol. The van der Waals surface area contributed by atoms with E-state index in [-0.39, 0.29) is 12.3 Å². The molecular weight excluding hydrogens is 214 g/mol. The van der Waals surface area contributed by atoms with E-state index in [1.54, 1.807) is 37.5 Å². The van der Waals surface area contributed by atoms with E-state index in [4.69, 9.17) is 22.1 Å². The van der Waals surface area contributed by atoms with Crippen molar-refractivity contribution in [2.75, 3.05) is 7.11 Å². The van der Waals surface area contributed by atoms with Gasteiger partial charge in [-0.15, -0.1) is 0 Å². The molecule has 80 valence electrons. The van der Waals surface area contributed by atoms with Gasteiger partial charge in [0, 0.05) is 11.4 Å². The standard InChI is InChI=1S/C11H12ClNO2/c1-15-9-5-6-10(12)8(7-9)3-2-4-11(13)14/h2-3,5-7H,4H2,1H3,(H2,13,14). The number of methoxy groups -OCH3 is 1. The first-order valence-electron chi connectivity index (χ1n) is 4.42. The van der Waals surface area contributed by atoms with Crippen LogP contribution >= 0.6 is 11.6 Å². The molecule has 4 heteroatoms. The number of primary amides is 1. The summed E-state index contributed by atoms with van der Waals surface area (Å²) in [5.41, 5.74) is 5.81. The van der Waals surface area contributed by atoms with E-state index >= 15 is 0 Å². The molecule has 0 saturated heterocycles. The van der Waals surface area contributed by atoms with Crippen LogP contribution in [0.3, 0.4) is 0 Å². The predicted octanol–water partition coefficient (Wildman–Crippen LogP) is 2.24. The maximum absolute atomic E-state index is 10.5. The Balaban J connectivity index is 2.83. The molecule has 0 aliphatic rings. The minimum Gasteiger partial charge on any atom is -0.497 e. The van der Waals surface area contributed by atoms with Gasteiger partial charge in [-0.05, 0) is 23.8 Å². The minimum atomic E-state index is -0.370. The third kappa shape index (κ3) is 3.64. The molecule has 0 heterocycles. The van der Waals surface area contributed by atoms with Gasteiger partial charge in [0.2, 0.25) is 5.91 Å². The molecule has 0 unspecified atom stereocenters. The van der Waals surface area contributed by atoms with Crippen molar-refractivity contribution in [1.82, 2.24) is 0 Å². The first-order valence-corrected chi connectivity index (χ1v) is 4.79. The fourth-order valence-corrected chi connectivity index (χ4v) is 1.26. The van der Waals surface area contributed by atoms with Gasteiger partial charge in [-0.1, -0.05) is 23.8 Å². The van der Waals surface area contributed by atoms with Crippen LogP contribution in [0.1, 0.15) is 12.0 Å². The third-order valence-electron chi connectivity index (χ3n) is 1.82. The Morgan fingerprint density at radius 1 is 1.60 bits per heavy atom. The third-order valence-corrected chi connectivity index (χ3v) is 2.16. The Morgan fingerprint density at radius 3 is 2.93 bits per heavy atom. The topological polar surface area (TPSA) is 52.3 Å². The molecule has 3 nitrogen and oxygen atoms in total. The smallest absolute Gasteiger partial charge is 0.221 e. The summed E-state index contributed by atoms with van der Waals surface area (Å²) in [6, 6.07) is 5.30. The van der Waals surface area contributed by atoms with Gasteiger partial charge in [-0.3, -0.25) is 4.79 Å². The van der Waals surface area contributed by atoms with E-state index in [0.717, 1.165) is 11.3 Å². The Bertz CT molecular complexity index is 388. The lowest BCUT2D eigenvalue weighted by Crippen LogP contribution is -2.07. The normalized spacial score (nSPS) is 10.5. The molecule has 1 rings (SSSR count). The molecule has 0 bridgehead atoms. The molecule has 0 aliphatic heterocycles. The maximum atomic E-state index is 10.5. The molecule has 0 atom stereocenters. The first kappa shape index (κ1) is 11.6. The van der Waals surface area contributed by atoms with Crippen LogP contribution in [0.2, 0.25) is 5.02 Å². The molecule has 0 saturated carbocycles. The lowest BCUT2D eigenvalue weighted by Gasteiger charge is -2.02. The summed E-state index contributed by atoms with van der Waals surface area (Å²) < 4.78 is 5.05. The van der Waals surface area contributed by atoms with Gasteiger partial charge in [0.25, 0.3) is 0 Å². The van der Waals surface area contributed by atoms with E-state index in [1.165, 1.54) is 0 Å². The van der Waals surface area contributed by atoms with Crippen molar-refractivity contribution in [3.63, 3.8) is 0 Å². The summed E-state index contributed by atoms with van der Waals surface area (Å²) in [5.74, 6) is 0.350. The van der Waals surface area contributed by atoms with Crippen LogP contribution in [0.25, 0.3) is 6.08 Å². The molecule has 1 aromatic rings. The number of hydrogen-bond acceptors (Lipinski definition) is 2. The number of halogens is 1. The van der Waals surface area contributed by atoms with Crippen molar-refractivity contribution in [1.29, 1.82) is 0 Å². The maximum Gasteiger partial charge on any atom is 0.221 e. The van der Waals surface area contributed by atoms with E-state index in [9.17, 15) is 4.79 Å². The summed E-state index contributed by atoms with van der Waals surface area (Å²) in [6.07, 6.45) is 3.62. The highest BCUT2D eigenvalue weighted by atomic mass is 35.5. The molecule has 0 radical (unpaired) electrons. The average molecular weight is 226 g/mol. The highest BCUT2D eigenvalue weighted by Gasteiger charge is 1.98. The van der Waals surface area contributed by atoms with Crippen LogP contribution < -0.4 is 10.5 Å². The van der Waals surface area contributed by atoms with Crippen LogP contribution in [0.4, 0.5) is 0 Å². The van der Waals surface area contributed by atoms with Gasteiger partial charge >= 0.3 is 0 Å². The van der Waals surface area contributed by atoms with Crippen LogP contribution in [0, 0.1) is 0 Å². The number of carbonyl (C=O) groups is 1. The SMILES string of the molecule is COc1ccc(Cl)c(C=CCC(N)=O)c1. The summed E-state index contributed by atoms with van der Waals surface area (Å²) in [5, 5.41) is 0.608. The minimum absolute atomic E-state index is 0.202. The number of benzene rings is 1. The summed E-state index contributed by atoms with van der Waals surface area (Å²) >= 11 is 5.95. The summed E-state index contributed by atoms with van der Waals surface area (Å²) in [6.45, 7) is 0. The largest absolute Gasteiger partial charge is 0.497 e. The molecule has 2 N–H and O–H groups in total. The predicted molar refractivity (Wildman–Crippen MR) is 60.8 cm³/mol. The van der Waals surface area contributed by atoms with Crippen LogP contribution in [0.5, 0.6) is 5.75 Å². The van der Waals surface area contributed by atoms with Crippen LogP contribution in [-0.4, -0.2) is 13.0 Å². The second kappa shape index (κ2) is 5.41. The van der Waals surface area contributed by atoms with E-state index in [0.29, 0.717) is 5.02 Å². The number of rotatable bonds is 4. The van der Waals surface area contributed by atoms with Gasteiger partial charge in [0.15, 0.2) is 0 Å². The Morgan fingerprint density at radius 2 is 2.33 bits per heavy atom. The fraction of sp³-hybridized carbons (Fsp3) is 0.182. The molecule has 0 spiro atoms. The van der Waals surface area contributed by atoms with E-state index < -0.39 is 0 Å². The molecule has 1 amide bonds. The van der Waals surface area contributed by atoms with Crippen molar-refractivity contribution >= 4 is 23.6 Å². The molecule has 0 aliphatic carbocycles. The highest BCUT2D eigenvalue weighted by Crippen LogP contribution is 2.23. The van der Waals surface area contributed by atoms with Gasteiger partial charge in [-0.2, -0.15) is 0 Å². The van der Waals surface area contributed by atoms with Crippen molar-refractivity contribution in [2.45, 2.75) is 6.42 Å². The quantitative estimate of drug-likeness (QED) is 0.855. The zero-order chi connectivity index (χ0) is 11.3. The number of ether oxygens (including phenoxy) is 1. The number of amides is 1. The second-order valence-corrected chi connectivity index (χ2v) is 3.37. The van der Waals surface area contributed by atoms with Crippen molar-refractivity contribution < 1.29 is 9.53 Å². The van der Waals surface area contributed by atoms with Gasteiger partial charge < -0.3 is 10.5 Å². The molecule has 0 aromatic heterocycles. The first-order chi connectivity index (χ1) is 7.13. The Labute approximate surface area is 93.5 Å². The fourth-order valence-electron chi connectivity index (χ4n) is 1.08. The molecular formula is C11H12ClNO2. The van der Waals surface area contributed by atoms with Crippen LogP contribution in [-0.2, 0) is 4.79 Å². The van der Waals surface area contributed by atoms with Crippen molar-refractivity contribution in [3.05, 3.63) is 34.9 Å². The zero-order valence-corrected chi connectivity index (χ0v) is 9.12. The van der Waals surface area contributed by atoms with Crippen molar-refractivity contribution in [3.8, 4) is 5.75 Å². The molecule has 1 aromatic carbocycles. The zero-order valence-electron chi connectivity index (χ0n) is 8.37. The van der Waals surface area contributed by atoms with Gasteiger partial charge in [-0.25, -0.2) is 0 Å². The summed E-state index contributed by atoms with van der Waals surface area (Å²) in [4.78, 5) is 10.5.